The van der Waals surface area contributed by atoms with E-state index in [1.165, 1.54) is 0 Å². The van der Waals surface area contributed by atoms with Gasteiger partial charge in [0.25, 0.3) is 0 Å². The van der Waals surface area contributed by atoms with Gasteiger partial charge in [0.15, 0.2) is 0 Å². The Hall–Kier alpha value is -0.610. The zero-order valence-corrected chi connectivity index (χ0v) is 6.00. The molecule has 0 aliphatic rings. The van der Waals surface area contributed by atoms with Crippen molar-refractivity contribution in [3.8, 4) is 0 Å². The monoisotopic (exact) mass is 169 g/mol. The fraction of sp³-hybridized carbons (Fsp3) is 0.857. The lowest BCUT2D eigenvalue weighted by Crippen LogP contribution is -2.43. The molecule has 1 N–H and O–H groups in total. The van der Waals surface area contributed by atoms with Gasteiger partial charge in [-0.05, 0) is 0 Å². The van der Waals surface area contributed by atoms with Gasteiger partial charge >= 0.3 is 0 Å². The third-order valence-electron chi connectivity index (χ3n) is 0.767. The Morgan fingerprint density at radius 3 is 2.82 bits per heavy atom. The van der Waals surface area contributed by atoms with Crippen LogP contribution in [0.3, 0.4) is 0 Å². The van der Waals surface area contributed by atoms with Gasteiger partial charge in [0.2, 0.25) is 0 Å². The van der Waals surface area contributed by atoms with Crippen molar-refractivity contribution in [3.63, 3.8) is 0 Å². The van der Waals surface area contributed by atoms with Crippen LogP contribution in [0.25, 0.3) is 0 Å². The van der Waals surface area contributed by atoms with Crippen LogP contribution in [0.4, 0.5) is 0 Å². The summed E-state index contributed by atoms with van der Waals surface area (Å²) in [5, 5.41) is 19.9. The standard InChI is InChI=1S/C7H15NO3/c1-8(2,3)5-6(9)4-7(10)11/h6,9H,4-5H2,1-3H3/t6-/m1/s1/i1D3,2D3,5D2. The Kier molecular flexibility index (Phi) is 1.02. The zero-order valence-electron chi connectivity index (χ0n) is 14.0. The molecule has 0 fully saturated rings. The summed E-state index contributed by atoms with van der Waals surface area (Å²) in [6.07, 6.45) is -3.56. The summed E-state index contributed by atoms with van der Waals surface area (Å²) in [6, 6.07) is 0. The minimum atomic E-state index is -3.33. The number of hydrogen-bond acceptors (Lipinski definition) is 3. The van der Waals surface area contributed by atoms with Gasteiger partial charge in [-0.15, -0.1) is 0 Å². The molecule has 66 valence electrons. The molecule has 0 heterocycles. The predicted molar refractivity (Wildman–Crippen MR) is 38.5 cm³/mol. The van der Waals surface area contributed by atoms with E-state index in [1.807, 2.05) is 0 Å². The molecule has 4 heteroatoms. The molecule has 0 saturated heterocycles. The van der Waals surface area contributed by atoms with Crippen molar-refractivity contribution in [1.29, 1.82) is 0 Å². The average molecular weight is 169 g/mol. The van der Waals surface area contributed by atoms with Crippen molar-refractivity contribution in [2.24, 2.45) is 0 Å². The number of aliphatic hydroxyl groups is 1. The van der Waals surface area contributed by atoms with Gasteiger partial charge in [-0.2, -0.15) is 0 Å². The maximum Gasteiger partial charge on any atom is 0.108 e. The SMILES string of the molecule is [2H]C([2H])([2H])[N+](C)(C([2H])([2H])[2H])C([2H])([2H])[C@H](O)CC(=O)[O-]. The van der Waals surface area contributed by atoms with E-state index in [1.54, 1.807) is 0 Å². The first kappa shape index (κ1) is 3.03. The summed E-state index contributed by atoms with van der Waals surface area (Å²) in [5.74, 6) is -1.82. The van der Waals surface area contributed by atoms with E-state index in [4.69, 9.17) is 11.0 Å². The van der Waals surface area contributed by atoms with Crippen molar-refractivity contribution in [3.05, 3.63) is 0 Å². The molecule has 0 rings (SSSR count). The number of aliphatic hydroxyl groups excluding tert-OH is 1. The van der Waals surface area contributed by atoms with Crippen LogP contribution in [0.1, 0.15) is 17.4 Å². The molecular formula is C7H15NO3. The van der Waals surface area contributed by atoms with Crippen molar-refractivity contribution < 1.29 is 30.5 Å². The van der Waals surface area contributed by atoms with E-state index >= 15 is 0 Å². The van der Waals surface area contributed by atoms with E-state index in [0.29, 0.717) is 7.05 Å². The number of hydrogen-bond donors (Lipinski definition) is 1. The smallest absolute Gasteiger partial charge is 0.108 e. The highest BCUT2D eigenvalue weighted by molar-refractivity contribution is 5.64. The fourth-order valence-corrected chi connectivity index (χ4v) is 0.502. The lowest BCUT2D eigenvalue weighted by atomic mass is 10.2. The summed E-state index contributed by atoms with van der Waals surface area (Å²) in [4.78, 5) is 10.4. The maximum atomic E-state index is 10.4. The van der Waals surface area contributed by atoms with E-state index in [9.17, 15) is 15.0 Å². The first-order chi connectivity index (χ1) is 8.09. The van der Waals surface area contributed by atoms with Gasteiger partial charge in [-0.25, -0.2) is 0 Å². The molecule has 4 nitrogen and oxygen atoms in total. The molecule has 0 radical (unpaired) electrons. The number of quaternary nitrogens is 1. The molecule has 11 heavy (non-hydrogen) atoms. The summed E-state index contributed by atoms with van der Waals surface area (Å²) in [5.41, 5.74) is 0. The van der Waals surface area contributed by atoms with Crippen LogP contribution in [0.15, 0.2) is 0 Å². The van der Waals surface area contributed by atoms with E-state index in [0.717, 1.165) is 0 Å². The summed E-state index contributed by atoms with van der Waals surface area (Å²) < 4.78 is 56.2. The highest BCUT2D eigenvalue weighted by atomic mass is 16.4. The van der Waals surface area contributed by atoms with E-state index < -0.39 is 43.4 Å². The molecule has 0 aliphatic heterocycles. The van der Waals surface area contributed by atoms with E-state index in [-0.39, 0.29) is 0 Å². The number of carboxylic acids is 1. The van der Waals surface area contributed by atoms with Crippen LogP contribution in [-0.4, -0.2) is 49.2 Å². The molecule has 0 aromatic carbocycles. The van der Waals surface area contributed by atoms with Crippen molar-refractivity contribution in [2.45, 2.75) is 12.5 Å². The molecule has 0 unspecified atom stereocenters. The van der Waals surface area contributed by atoms with Crippen LogP contribution in [0, 0.1) is 0 Å². The third kappa shape index (κ3) is 7.29. The molecule has 0 aromatic heterocycles. The minimum Gasteiger partial charge on any atom is -0.550 e. The Labute approximate surface area is 77.9 Å². The Morgan fingerprint density at radius 2 is 2.45 bits per heavy atom. The minimum absolute atomic E-state index is 0.582. The van der Waals surface area contributed by atoms with Gasteiger partial charge in [-0.3, -0.25) is 0 Å². The van der Waals surface area contributed by atoms with Crippen molar-refractivity contribution in [2.75, 3.05) is 27.5 Å². The van der Waals surface area contributed by atoms with Gasteiger partial charge in [0.05, 0.1) is 32.0 Å². The zero-order chi connectivity index (χ0) is 15.9. The van der Waals surface area contributed by atoms with Gasteiger partial charge in [0, 0.05) is 12.4 Å². The number of aliphatic carboxylic acids is 1. The van der Waals surface area contributed by atoms with Gasteiger partial charge in [0.1, 0.15) is 12.6 Å². The number of likely N-dealkylation sites (N-methyl/N-ethyl adjacent to an activating group) is 1. The molecule has 0 aromatic rings. The fourth-order valence-electron chi connectivity index (χ4n) is 0.502. The number of carbonyl (C=O) groups is 1. The van der Waals surface area contributed by atoms with Crippen molar-refractivity contribution in [1.82, 2.24) is 0 Å². The largest absolute Gasteiger partial charge is 0.550 e. The Bertz CT molecular complexity index is 335. The number of rotatable bonds is 4. The lowest BCUT2D eigenvalue weighted by Gasteiger charge is -2.26. The summed E-state index contributed by atoms with van der Waals surface area (Å²) in [7, 11) is 0.582. The maximum absolute atomic E-state index is 10.4. The quantitative estimate of drug-likeness (QED) is 0.505. The van der Waals surface area contributed by atoms with Crippen LogP contribution in [0.2, 0.25) is 0 Å². The van der Waals surface area contributed by atoms with Gasteiger partial charge in [-0.1, -0.05) is 0 Å². The van der Waals surface area contributed by atoms with Crippen molar-refractivity contribution >= 4 is 5.97 Å². The highest BCUT2D eigenvalue weighted by Gasteiger charge is 2.14. The van der Waals surface area contributed by atoms with Crippen LogP contribution < -0.4 is 5.11 Å². The second kappa shape index (κ2) is 3.69. The van der Waals surface area contributed by atoms with E-state index in [2.05, 4.69) is 0 Å². The molecule has 0 aliphatic carbocycles. The molecule has 0 saturated carbocycles. The summed E-state index contributed by atoms with van der Waals surface area (Å²) >= 11 is 0. The number of carboxylic acid groups (broad SMARTS) is 1. The normalized spacial score (nSPS) is 28.9. The molecule has 0 bridgehead atoms. The highest BCUT2D eigenvalue weighted by Crippen LogP contribution is 1.97. The molecular weight excluding hydrogens is 146 g/mol. The van der Waals surface area contributed by atoms with Gasteiger partial charge < -0.3 is 19.5 Å². The van der Waals surface area contributed by atoms with Crippen LogP contribution in [0.5, 0.6) is 0 Å². The van der Waals surface area contributed by atoms with Crippen LogP contribution in [-0.2, 0) is 4.79 Å². The second-order valence-electron chi connectivity index (χ2n) is 2.23. The lowest BCUT2D eigenvalue weighted by molar-refractivity contribution is -0.873. The van der Waals surface area contributed by atoms with Crippen LogP contribution >= 0.6 is 0 Å². The number of nitrogens with zero attached hydrogens (tertiary/aromatic N) is 1. The first-order valence-electron chi connectivity index (χ1n) is 6.83. The second-order valence-corrected chi connectivity index (χ2v) is 2.23. The first-order valence-corrected chi connectivity index (χ1v) is 2.83. The topological polar surface area (TPSA) is 60.4 Å². The average Bonchev–Trinajstić information content (AvgIpc) is 2.11. The molecule has 1 atom stereocenters. The molecule has 0 amide bonds. The Morgan fingerprint density at radius 1 is 1.91 bits per heavy atom. The summed E-state index contributed by atoms with van der Waals surface area (Å²) in [6.45, 7) is -9.90. The Balaban J connectivity index is 5.83. The molecule has 0 spiro atoms. The number of carbonyl (C=O) groups excluding carboxylic acids is 1. The predicted octanol–water partition coefficient (Wildman–Crippen LogP) is -1.81. The third-order valence-corrected chi connectivity index (χ3v) is 0.767.